The molecular weight excluding hydrogens is 451 g/mol. The second-order valence-electron chi connectivity index (χ2n) is 7.72. The first-order valence-electron chi connectivity index (χ1n) is 10.1. The Hall–Kier alpha value is -3.71. The van der Waals surface area contributed by atoms with Crippen LogP contribution in [-0.4, -0.2) is 15.5 Å². The Kier molecular flexibility index (Phi) is 5.34. The largest absolute Gasteiger partial charge is 0.322 e. The minimum Gasteiger partial charge on any atom is -0.318 e. The number of rotatable bonds is 2. The predicted molar refractivity (Wildman–Crippen MR) is 120 cm³/mol. The second kappa shape index (κ2) is 8.33. The molecule has 1 atom stereocenters. The molecule has 4 nitrogen and oxygen atoms in total. The second-order valence-corrected chi connectivity index (χ2v) is 8.13. The molecule has 0 unspecified atom stereocenters. The lowest BCUT2D eigenvalue weighted by atomic mass is 10.0. The van der Waals surface area contributed by atoms with Crippen molar-refractivity contribution < 1.29 is 18.0 Å². The van der Waals surface area contributed by atoms with E-state index in [9.17, 15) is 18.0 Å². The van der Waals surface area contributed by atoms with E-state index in [1.165, 1.54) is 29.2 Å². The highest BCUT2D eigenvalue weighted by Gasteiger charge is 2.33. The Morgan fingerprint density at radius 2 is 1.70 bits per heavy atom. The van der Waals surface area contributed by atoms with Crippen LogP contribution in [0.5, 0.6) is 0 Å². The third-order valence-corrected chi connectivity index (χ3v) is 5.89. The van der Waals surface area contributed by atoms with E-state index in [1.807, 2.05) is 47.2 Å². The van der Waals surface area contributed by atoms with Crippen LogP contribution >= 0.6 is 11.6 Å². The molecule has 0 saturated carbocycles. The van der Waals surface area contributed by atoms with E-state index >= 15 is 0 Å². The van der Waals surface area contributed by atoms with Gasteiger partial charge in [-0.2, -0.15) is 0 Å². The van der Waals surface area contributed by atoms with Crippen molar-refractivity contribution in [3.63, 3.8) is 0 Å². The molecule has 0 fully saturated rings. The average molecular weight is 468 g/mol. The normalized spacial score (nSPS) is 14.9. The Bertz CT molecular complexity index is 1350. The van der Waals surface area contributed by atoms with Gasteiger partial charge in [0.2, 0.25) is 0 Å². The summed E-state index contributed by atoms with van der Waals surface area (Å²) in [4.78, 5) is 15.0. The van der Waals surface area contributed by atoms with E-state index in [1.54, 1.807) is 0 Å². The van der Waals surface area contributed by atoms with Crippen LogP contribution in [0.2, 0.25) is 5.02 Å². The van der Waals surface area contributed by atoms with Crippen molar-refractivity contribution in [1.29, 1.82) is 0 Å². The summed E-state index contributed by atoms with van der Waals surface area (Å²) in [6, 6.07) is 16.9. The fourth-order valence-electron chi connectivity index (χ4n) is 4.19. The molecule has 166 valence electrons. The van der Waals surface area contributed by atoms with Crippen LogP contribution < -0.4 is 5.32 Å². The van der Waals surface area contributed by atoms with Crippen LogP contribution in [0.25, 0.3) is 5.69 Å². The number of carbonyl (C=O) groups excluding carboxylic acids is 1. The van der Waals surface area contributed by atoms with Crippen LogP contribution in [0.1, 0.15) is 22.9 Å². The first kappa shape index (κ1) is 21.2. The number of hydrogen-bond donors (Lipinski definition) is 1. The summed E-state index contributed by atoms with van der Waals surface area (Å²) >= 11 is 5.86. The molecular formula is C25H17ClF3N3O. The monoisotopic (exact) mass is 467 g/mol. The maximum Gasteiger partial charge on any atom is 0.322 e. The average Bonchev–Trinajstić information content (AvgIpc) is 3.19. The van der Waals surface area contributed by atoms with Crippen molar-refractivity contribution in [1.82, 2.24) is 9.47 Å². The highest BCUT2D eigenvalue weighted by atomic mass is 35.5. The Morgan fingerprint density at radius 1 is 0.939 bits per heavy atom. The molecule has 3 aromatic carbocycles. The van der Waals surface area contributed by atoms with Crippen molar-refractivity contribution in [3.8, 4) is 5.69 Å². The minimum atomic E-state index is -0.798. The van der Waals surface area contributed by atoms with E-state index in [0.717, 1.165) is 23.4 Å². The molecule has 2 heterocycles. The molecule has 0 saturated heterocycles. The zero-order valence-corrected chi connectivity index (χ0v) is 17.9. The smallest absolute Gasteiger partial charge is 0.318 e. The summed E-state index contributed by atoms with van der Waals surface area (Å²) in [7, 11) is 0. The Labute approximate surface area is 192 Å². The standard InChI is InChI=1S/C25H17ClF3N3O/c26-20-13-19(7-8-21(20)29)30-25(33)32-14-15-4-1-2-5-22(15)31-9-3-6-23(31)24(32)16-10-17(27)12-18(28)11-16/h1-13,24H,14H2,(H,30,33)/t24-/m1/s1. The number of benzene rings is 3. The van der Waals surface area contributed by atoms with E-state index < -0.39 is 29.5 Å². The number of aromatic nitrogens is 1. The fraction of sp³-hybridized carbons (Fsp3) is 0.0800. The highest BCUT2D eigenvalue weighted by molar-refractivity contribution is 6.31. The molecule has 8 heteroatoms. The number of para-hydroxylation sites is 1. The molecule has 1 aromatic heterocycles. The van der Waals surface area contributed by atoms with Crippen LogP contribution in [0, 0.1) is 17.5 Å². The zero-order chi connectivity index (χ0) is 23.1. The molecule has 0 radical (unpaired) electrons. The van der Waals surface area contributed by atoms with Gasteiger partial charge in [0.1, 0.15) is 17.5 Å². The summed E-state index contributed by atoms with van der Waals surface area (Å²) in [5.41, 5.74) is 2.95. The van der Waals surface area contributed by atoms with Gasteiger partial charge in [0.05, 0.1) is 23.3 Å². The Balaban J connectivity index is 1.64. The lowest BCUT2D eigenvalue weighted by molar-refractivity contribution is 0.194. The van der Waals surface area contributed by atoms with Crippen molar-refractivity contribution in [3.05, 3.63) is 118 Å². The molecule has 1 aliphatic heterocycles. The Morgan fingerprint density at radius 3 is 2.45 bits per heavy atom. The number of halogens is 4. The molecule has 4 aromatic rings. The number of amides is 2. The van der Waals surface area contributed by atoms with Crippen molar-refractivity contribution in [2.75, 3.05) is 5.32 Å². The first-order valence-corrected chi connectivity index (χ1v) is 10.5. The number of nitrogens with one attached hydrogen (secondary N) is 1. The summed E-state index contributed by atoms with van der Waals surface area (Å²) in [5, 5.41) is 2.60. The van der Waals surface area contributed by atoms with E-state index in [0.29, 0.717) is 11.4 Å². The van der Waals surface area contributed by atoms with Gasteiger partial charge >= 0.3 is 6.03 Å². The molecule has 1 N–H and O–H groups in total. The van der Waals surface area contributed by atoms with Gasteiger partial charge in [0, 0.05) is 23.6 Å². The molecule has 0 spiro atoms. The maximum atomic E-state index is 14.2. The van der Waals surface area contributed by atoms with Gasteiger partial charge in [-0.3, -0.25) is 0 Å². The van der Waals surface area contributed by atoms with Crippen LogP contribution in [0.4, 0.5) is 23.7 Å². The van der Waals surface area contributed by atoms with Crippen molar-refractivity contribution >= 4 is 23.3 Å². The lowest BCUT2D eigenvalue weighted by Crippen LogP contribution is -2.38. The third-order valence-electron chi connectivity index (χ3n) is 5.60. The van der Waals surface area contributed by atoms with E-state index in [-0.39, 0.29) is 17.1 Å². The molecule has 1 aliphatic rings. The van der Waals surface area contributed by atoms with Gasteiger partial charge in [-0.1, -0.05) is 29.8 Å². The van der Waals surface area contributed by atoms with Gasteiger partial charge in [-0.05, 0) is 59.7 Å². The van der Waals surface area contributed by atoms with Gasteiger partial charge in [-0.15, -0.1) is 0 Å². The number of fused-ring (bicyclic) bond motifs is 3. The number of urea groups is 1. The molecule has 5 rings (SSSR count). The van der Waals surface area contributed by atoms with Crippen molar-refractivity contribution in [2.24, 2.45) is 0 Å². The highest BCUT2D eigenvalue weighted by Crippen LogP contribution is 2.37. The van der Waals surface area contributed by atoms with Crippen LogP contribution in [0.3, 0.4) is 0 Å². The summed E-state index contributed by atoms with van der Waals surface area (Å²) in [6.07, 6.45) is 1.85. The number of hydrogen-bond acceptors (Lipinski definition) is 1. The SMILES string of the molecule is O=C(Nc1ccc(F)c(Cl)c1)N1Cc2ccccc2-n2cccc2[C@H]1c1cc(F)cc(F)c1. The molecule has 33 heavy (non-hydrogen) atoms. The van der Waals surface area contributed by atoms with Gasteiger partial charge in [0.25, 0.3) is 0 Å². The first-order chi connectivity index (χ1) is 15.9. The number of carbonyl (C=O) groups is 1. The summed E-state index contributed by atoms with van der Waals surface area (Å²) in [6.45, 7) is 0.168. The van der Waals surface area contributed by atoms with Crippen LogP contribution in [-0.2, 0) is 6.54 Å². The predicted octanol–water partition coefficient (Wildman–Crippen LogP) is 6.69. The summed E-state index contributed by atoms with van der Waals surface area (Å²) in [5.74, 6) is -2.09. The number of anilines is 1. The van der Waals surface area contributed by atoms with Gasteiger partial charge in [0.15, 0.2) is 0 Å². The van der Waals surface area contributed by atoms with Gasteiger partial charge in [-0.25, -0.2) is 18.0 Å². The van der Waals surface area contributed by atoms with E-state index in [4.69, 9.17) is 11.6 Å². The number of nitrogens with zero attached hydrogens (tertiary/aromatic N) is 2. The topological polar surface area (TPSA) is 37.3 Å². The molecule has 0 aliphatic carbocycles. The fourth-order valence-corrected chi connectivity index (χ4v) is 4.37. The van der Waals surface area contributed by atoms with Crippen molar-refractivity contribution in [2.45, 2.75) is 12.6 Å². The van der Waals surface area contributed by atoms with Gasteiger partial charge < -0.3 is 14.8 Å². The molecule has 0 bridgehead atoms. The minimum absolute atomic E-state index is 0.133. The van der Waals surface area contributed by atoms with Crippen LogP contribution in [0.15, 0.2) is 79.0 Å². The lowest BCUT2D eigenvalue weighted by Gasteiger charge is -2.31. The summed E-state index contributed by atoms with van der Waals surface area (Å²) < 4.78 is 43.9. The third kappa shape index (κ3) is 3.96. The maximum absolute atomic E-state index is 14.2. The molecule has 2 amide bonds. The van der Waals surface area contributed by atoms with E-state index in [2.05, 4.69) is 5.32 Å². The quantitative estimate of drug-likeness (QED) is 0.350. The zero-order valence-electron chi connectivity index (χ0n) is 17.1.